The summed E-state index contributed by atoms with van der Waals surface area (Å²) < 4.78 is 0. The Kier molecular flexibility index (Phi) is 3.05. The molecule has 1 aliphatic rings. The van der Waals surface area contributed by atoms with Gasteiger partial charge in [0.05, 0.1) is 11.1 Å². The Morgan fingerprint density at radius 3 is 3.00 bits per heavy atom. The van der Waals surface area contributed by atoms with Crippen molar-refractivity contribution in [2.75, 3.05) is 18.0 Å². The molecule has 2 rings (SSSR count). The molecule has 1 saturated heterocycles. The highest BCUT2D eigenvalue weighted by Crippen LogP contribution is 2.30. The lowest BCUT2D eigenvalue weighted by atomic mass is 9.95. The number of anilines is 1. The minimum Gasteiger partial charge on any atom is -0.348 e. The van der Waals surface area contributed by atoms with Crippen molar-refractivity contribution >= 4 is 22.8 Å². The third-order valence-electron chi connectivity index (χ3n) is 3.07. The van der Waals surface area contributed by atoms with Crippen LogP contribution in [0.5, 0.6) is 0 Å². The van der Waals surface area contributed by atoms with Crippen LogP contribution in [-0.4, -0.2) is 24.4 Å². The fourth-order valence-corrected chi connectivity index (χ4v) is 2.75. The van der Waals surface area contributed by atoms with Crippen LogP contribution in [0.25, 0.3) is 0 Å². The van der Waals surface area contributed by atoms with Crippen LogP contribution in [0.15, 0.2) is 6.20 Å². The second-order valence-corrected chi connectivity index (χ2v) is 5.44. The van der Waals surface area contributed by atoms with E-state index in [4.69, 9.17) is 0 Å². The number of nitrogens with zero attached hydrogens (tertiary/aromatic N) is 2. The van der Waals surface area contributed by atoms with Crippen molar-refractivity contribution in [3.05, 3.63) is 11.1 Å². The molecule has 0 saturated carbocycles. The van der Waals surface area contributed by atoms with Gasteiger partial charge in [-0.15, -0.1) is 0 Å². The molecule has 2 heterocycles. The first-order valence-corrected chi connectivity index (χ1v) is 6.18. The minimum atomic E-state index is 0.720. The summed E-state index contributed by atoms with van der Waals surface area (Å²) in [5.74, 6) is 1.51. The lowest BCUT2D eigenvalue weighted by molar-refractivity contribution is 0.112. The minimum absolute atomic E-state index is 0.720. The Morgan fingerprint density at radius 2 is 2.47 bits per heavy atom. The van der Waals surface area contributed by atoms with Crippen LogP contribution in [0.2, 0.25) is 0 Å². The van der Waals surface area contributed by atoms with Crippen molar-refractivity contribution in [2.24, 2.45) is 11.8 Å². The van der Waals surface area contributed by atoms with Gasteiger partial charge in [0.15, 0.2) is 11.4 Å². The fourth-order valence-electron chi connectivity index (χ4n) is 1.98. The summed E-state index contributed by atoms with van der Waals surface area (Å²) in [6.07, 6.45) is 3.78. The van der Waals surface area contributed by atoms with Gasteiger partial charge in [-0.05, 0) is 18.3 Å². The van der Waals surface area contributed by atoms with Gasteiger partial charge in [-0.2, -0.15) is 0 Å². The average molecular weight is 224 g/mol. The number of carbonyl (C=O) groups excluding carboxylic acids is 1. The maximum absolute atomic E-state index is 10.6. The van der Waals surface area contributed by atoms with Crippen molar-refractivity contribution in [2.45, 2.75) is 20.3 Å². The highest BCUT2D eigenvalue weighted by Gasteiger charge is 2.26. The topological polar surface area (TPSA) is 33.2 Å². The molecule has 0 amide bonds. The maximum Gasteiger partial charge on any atom is 0.185 e. The molecule has 0 aliphatic carbocycles. The second-order valence-electron chi connectivity index (χ2n) is 4.40. The molecule has 82 valence electrons. The van der Waals surface area contributed by atoms with Gasteiger partial charge in [-0.25, -0.2) is 4.98 Å². The zero-order valence-electron chi connectivity index (χ0n) is 9.14. The van der Waals surface area contributed by atoms with Crippen molar-refractivity contribution in [1.82, 2.24) is 4.98 Å². The first-order chi connectivity index (χ1) is 7.20. The van der Waals surface area contributed by atoms with Crippen LogP contribution in [0.4, 0.5) is 5.13 Å². The molecular weight excluding hydrogens is 208 g/mol. The van der Waals surface area contributed by atoms with Gasteiger partial charge in [-0.3, -0.25) is 4.79 Å². The first kappa shape index (κ1) is 10.6. The molecule has 4 heteroatoms. The Bertz CT molecular complexity index is 348. The number of rotatable bonds is 3. The predicted octanol–water partition coefficient (Wildman–Crippen LogP) is 2.44. The molecule has 0 N–H and O–H groups in total. The lowest BCUT2D eigenvalue weighted by Gasteiger charge is -2.16. The molecule has 1 atom stereocenters. The maximum atomic E-state index is 10.6. The normalized spacial score (nSPS) is 21.3. The van der Waals surface area contributed by atoms with Crippen LogP contribution >= 0.6 is 11.3 Å². The van der Waals surface area contributed by atoms with E-state index >= 15 is 0 Å². The number of thiazole rings is 1. The van der Waals surface area contributed by atoms with Crippen molar-refractivity contribution in [3.8, 4) is 0 Å². The summed E-state index contributed by atoms with van der Waals surface area (Å²) >= 11 is 1.49. The lowest BCUT2D eigenvalue weighted by Crippen LogP contribution is -2.20. The predicted molar refractivity (Wildman–Crippen MR) is 62.7 cm³/mol. The van der Waals surface area contributed by atoms with E-state index in [1.54, 1.807) is 6.20 Å². The molecular formula is C11H16N2OS. The molecule has 0 spiro atoms. The Balaban J connectivity index is 2.04. The number of aromatic nitrogens is 1. The van der Waals surface area contributed by atoms with Crippen LogP contribution in [0, 0.1) is 11.8 Å². The van der Waals surface area contributed by atoms with E-state index in [9.17, 15) is 4.79 Å². The third-order valence-corrected chi connectivity index (χ3v) is 4.05. The molecule has 1 aromatic rings. The van der Waals surface area contributed by atoms with E-state index in [-0.39, 0.29) is 0 Å². The summed E-state index contributed by atoms with van der Waals surface area (Å²) in [5, 5.41) is 1.00. The second kappa shape index (κ2) is 4.31. The van der Waals surface area contributed by atoms with Crippen LogP contribution in [-0.2, 0) is 0 Å². The van der Waals surface area contributed by atoms with Gasteiger partial charge in [0.25, 0.3) is 0 Å². The molecule has 0 aromatic carbocycles. The first-order valence-electron chi connectivity index (χ1n) is 5.36. The van der Waals surface area contributed by atoms with Crippen LogP contribution in [0.3, 0.4) is 0 Å². The van der Waals surface area contributed by atoms with Gasteiger partial charge in [0.1, 0.15) is 0 Å². The number of aldehydes is 1. The van der Waals surface area contributed by atoms with Crippen molar-refractivity contribution in [1.29, 1.82) is 0 Å². The zero-order chi connectivity index (χ0) is 10.8. The Labute approximate surface area is 94.1 Å². The number of hydrogen-bond acceptors (Lipinski definition) is 4. The molecule has 3 nitrogen and oxygen atoms in total. The van der Waals surface area contributed by atoms with Crippen LogP contribution in [0.1, 0.15) is 29.9 Å². The van der Waals surface area contributed by atoms with Crippen molar-refractivity contribution in [3.63, 3.8) is 0 Å². The summed E-state index contributed by atoms with van der Waals surface area (Å²) in [4.78, 5) is 17.8. The van der Waals surface area contributed by atoms with E-state index in [0.717, 1.165) is 41.2 Å². The van der Waals surface area contributed by atoms with Gasteiger partial charge in [0, 0.05) is 13.1 Å². The van der Waals surface area contributed by atoms with E-state index in [2.05, 4.69) is 23.7 Å². The summed E-state index contributed by atoms with van der Waals surface area (Å²) in [5.41, 5.74) is 0. The van der Waals surface area contributed by atoms with E-state index in [1.165, 1.54) is 17.8 Å². The highest BCUT2D eigenvalue weighted by atomic mass is 32.1. The van der Waals surface area contributed by atoms with E-state index < -0.39 is 0 Å². The van der Waals surface area contributed by atoms with Gasteiger partial charge < -0.3 is 4.90 Å². The average Bonchev–Trinajstić information content (AvgIpc) is 2.86. The monoisotopic (exact) mass is 224 g/mol. The summed E-state index contributed by atoms with van der Waals surface area (Å²) in [6, 6.07) is 0. The largest absolute Gasteiger partial charge is 0.348 e. The molecule has 1 unspecified atom stereocenters. The molecule has 0 bridgehead atoms. The highest BCUT2D eigenvalue weighted by molar-refractivity contribution is 7.17. The van der Waals surface area contributed by atoms with Crippen LogP contribution < -0.4 is 4.90 Å². The van der Waals surface area contributed by atoms with E-state index in [1.807, 2.05) is 0 Å². The van der Waals surface area contributed by atoms with Gasteiger partial charge >= 0.3 is 0 Å². The molecule has 1 aromatic heterocycles. The molecule has 0 radical (unpaired) electrons. The van der Waals surface area contributed by atoms with Gasteiger partial charge in [0.2, 0.25) is 0 Å². The fraction of sp³-hybridized carbons (Fsp3) is 0.636. The Hall–Kier alpha value is -0.900. The zero-order valence-corrected chi connectivity index (χ0v) is 9.96. The third kappa shape index (κ3) is 2.20. The number of hydrogen-bond donors (Lipinski definition) is 0. The SMILES string of the molecule is CC(C)C1CCN(c2ncc(C=O)s2)C1. The smallest absolute Gasteiger partial charge is 0.185 e. The van der Waals surface area contributed by atoms with E-state index in [0.29, 0.717) is 0 Å². The molecule has 1 aliphatic heterocycles. The summed E-state index contributed by atoms with van der Waals surface area (Å²) in [6.45, 7) is 6.71. The Morgan fingerprint density at radius 1 is 1.67 bits per heavy atom. The summed E-state index contributed by atoms with van der Waals surface area (Å²) in [7, 11) is 0. The number of carbonyl (C=O) groups is 1. The molecule has 15 heavy (non-hydrogen) atoms. The quantitative estimate of drug-likeness (QED) is 0.739. The van der Waals surface area contributed by atoms with Gasteiger partial charge in [-0.1, -0.05) is 25.2 Å². The van der Waals surface area contributed by atoms with Crippen molar-refractivity contribution < 1.29 is 4.79 Å². The molecule has 1 fully saturated rings. The standard InChI is InChI=1S/C11H16N2OS/c1-8(2)9-3-4-13(6-9)11-12-5-10(7-14)15-11/h5,7-9H,3-4,6H2,1-2H3.